The molecule has 0 N–H and O–H groups in total. The van der Waals surface area contributed by atoms with Crippen LogP contribution in [0.5, 0.6) is 5.75 Å². The first kappa shape index (κ1) is 18.0. The Hall–Kier alpha value is -2.34. The number of pyridine rings is 1. The third-order valence-electron chi connectivity index (χ3n) is 3.91. The van der Waals surface area contributed by atoms with Crippen LogP contribution in [0, 0.1) is 29.6 Å². The van der Waals surface area contributed by atoms with E-state index < -0.39 is 0 Å². The fourth-order valence-electron chi connectivity index (χ4n) is 3.09. The molecule has 1 heterocycles. The van der Waals surface area contributed by atoms with Gasteiger partial charge in [-0.25, -0.2) is 0 Å². The van der Waals surface area contributed by atoms with E-state index in [9.17, 15) is 5.26 Å². The van der Waals surface area contributed by atoms with Crippen molar-refractivity contribution < 1.29 is 4.74 Å². The second kappa shape index (κ2) is 7.49. The van der Waals surface area contributed by atoms with E-state index in [-0.39, 0.29) is 5.41 Å². The van der Waals surface area contributed by atoms with E-state index in [1.54, 1.807) is 6.20 Å². The highest BCUT2D eigenvalue weighted by Crippen LogP contribution is 2.30. The summed E-state index contributed by atoms with van der Waals surface area (Å²) in [5, 5.41) is 9.48. The van der Waals surface area contributed by atoms with Gasteiger partial charge in [0.05, 0.1) is 12.2 Å². The van der Waals surface area contributed by atoms with Gasteiger partial charge in [-0.15, -0.1) is 0 Å². The third kappa shape index (κ3) is 4.83. The number of hydrogen-bond acceptors (Lipinski definition) is 3. The van der Waals surface area contributed by atoms with Gasteiger partial charge in [0.1, 0.15) is 11.8 Å². The van der Waals surface area contributed by atoms with Crippen molar-refractivity contribution in [3.8, 4) is 22.9 Å². The molecule has 1 aromatic heterocycles. The van der Waals surface area contributed by atoms with Crippen molar-refractivity contribution in [2.24, 2.45) is 11.3 Å². The quantitative estimate of drug-likeness (QED) is 0.717. The largest absolute Gasteiger partial charge is 0.492 e. The Kier molecular flexibility index (Phi) is 5.62. The number of aryl methyl sites for hydroxylation is 1. The summed E-state index contributed by atoms with van der Waals surface area (Å²) in [4.78, 5) is 4.22. The molecule has 1 aromatic carbocycles. The summed E-state index contributed by atoms with van der Waals surface area (Å²) in [7, 11) is 0. The van der Waals surface area contributed by atoms with E-state index in [0.29, 0.717) is 23.8 Å². The van der Waals surface area contributed by atoms with Gasteiger partial charge in [0.15, 0.2) is 0 Å². The molecule has 2 aromatic rings. The van der Waals surface area contributed by atoms with E-state index in [1.807, 2.05) is 37.3 Å². The number of nitriles is 1. The average Bonchev–Trinajstić information content (AvgIpc) is 2.51. The summed E-state index contributed by atoms with van der Waals surface area (Å²) in [5.41, 5.74) is 3.68. The predicted molar refractivity (Wildman–Crippen MR) is 97.9 cm³/mol. The zero-order chi connectivity index (χ0) is 17.7. The van der Waals surface area contributed by atoms with Crippen molar-refractivity contribution in [2.45, 2.75) is 41.0 Å². The van der Waals surface area contributed by atoms with Crippen molar-refractivity contribution in [1.82, 2.24) is 4.98 Å². The van der Waals surface area contributed by atoms with Crippen LogP contribution in [0.3, 0.4) is 0 Å². The van der Waals surface area contributed by atoms with Gasteiger partial charge in [0, 0.05) is 11.9 Å². The summed E-state index contributed by atoms with van der Waals surface area (Å²) in [6.45, 7) is 11.4. The molecule has 126 valence electrons. The Labute approximate surface area is 145 Å². The lowest BCUT2D eigenvalue weighted by Gasteiger charge is -2.27. The summed E-state index contributed by atoms with van der Waals surface area (Å²) < 4.78 is 5.97. The minimum Gasteiger partial charge on any atom is -0.492 e. The van der Waals surface area contributed by atoms with E-state index in [4.69, 9.17) is 4.74 Å². The highest BCUT2D eigenvalue weighted by Gasteiger charge is 2.21. The zero-order valence-corrected chi connectivity index (χ0v) is 15.3. The summed E-state index contributed by atoms with van der Waals surface area (Å²) >= 11 is 0. The van der Waals surface area contributed by atoms with E-state index in [2.05, 4.69) is 38.7 Å². The van der Waals surface area contributed by atoms with Crippen LogP contribution >= 0.6 is 0 Å². The molecule has 2 rings (SSSR count). The van der Waals surface area contributed by atoms with Gasteiger partial charge >= 0.3 is 0 Å². The summed E-state index contributed by atoms with van der Waals surface area (Å²) in [6, 6.07) is 12.0. The van der Waals surface area contributed by atoms with Crippen LogP contribution in [0.25, 0.3) is 11.1 Å². The van der Waals surface area contributed by atoms with Gasteiger partial charge in [-0.05, 0) is 60.1 Å². The lowest BCUT2D eigenvalue weighted by molar-refractivity contribution is 0.153. The first-order chi connectivity index (χ1) is 11.3. The van der Waals surface area contributed by atoms with Gasteiger partial charge in [0.25, 0.3) is 0 Å². The highest BCUT2D eigenvalue weighted by molar-refractivity contribution is 5.67. The number of rotatable bonds is 6. The maximum Gasteiger partial charge on any atom is 0.137 e. The van der Waals surface area contributed by atoms with Crippen LogP contribution in [0.1, 0.15) is 45.4 Å². The fourth-order valence-corrected chi connectivity index (χ4v) is 3.09. The Bertz CT molecular complexity index is 742. The molecule has 24 heavy (non-hydrogen) atoms. The smallest absolute Gasteiger partial charge is 0.137 e. The average molecular weight is 322 g/mol. The van der Waals surface area contributed by atoms with Crippen LogP contribution in [0.2, 0.25) is 0 Å². The predicted octanol–water partition coefficient (Wildman–Crippen LogP) is 5.38. The van der Waals surface area contributed by atoms with Crippen LogP contribution in [0.15, 0.2) is 36.5 Å². The standard InChI is InChI=1S/C21H26N2O/c1-15(2)12-21(4,5)14-24-20-7-6-17(11-19(20)13-22)18-8-9-23-16(3)10-18/h6-11,15H,12,14H2,1-5H3. The maximum atomic E-state index is 9.48. The van der Waals surface area contributed by atoms with Crippen molar-refractivity contribution in [3.05, 3.63) is 47.8 Å². The lowest BCUT2D eigenvalue weighted by Crippen LogP contribution is -2.23. The second-order valence-electron chi connectivity index (χ2n) is 7.56. The van der Waals surface area contributed by atoms with E-state index >= 15 is 0 Å². The molecule has 0 radical (unpaired) electrons. The molecule has 0 aliphatic rings. The molecule has 0 atom stereocenters. The normalized spacial score (nSPS) is 11.4. The molecule has 0 bridgehead atoms. The van der Waals surface area contributed by atoms with Gasteiger partial charge in [0.2, 0.25) is 0 Å². The van der Waals surface area contributed by atoms with E-state index in [0.717, 1.165) is 23.2 Å². The summed E-state index contributed by atoms with van der Waals surface area (Å²) in [6.07, 6.45) is 2.87. The number of ether oxygens (including phenoxy) is 1. The first-order valence-electron chi connectivity index (χ1n) is 8.41. The molecule has 0 unspecified atom stereocenters. The van der Waals surface area contributed by atoms with Crippen LogP contribution in [-0.2, 0) is 0 Å². The second-order valence-corrected chi connectivity index (χ2v) is 7.56. The lowest BCUT2D eigenvalue weighted by atomic mass is 9.85. The molecule has 0 saturated heterocycles. The Morgan fingerprint density at radius 1 is 1.17 bits per heavy atom. The van der Waals surface area contributed by atoms with Gasteiger partial charge in [-0.3, -0.25) is 4.98 Å². The summed E-state index contributed by atoms with van der Waals surface area (Å²) in [5.74, 6) is 1.28. The number of benzene rings is 1. The van der Waals surface area contributed by atoms with Gasteiger partial charge in [-0.1, -0.05) is 33.8 Å². The van der Waals surface area contributed by atoms with Crippen molar-refractivity contribution in [3.63, 3.8) is 0 Å². The molecular weight excluding hydrogens is 296 g/mol. The molecule has 0 spiro atoms. The Morgan fingerprint density at radius 3 is 2.50 bits per heavy atom. The molecule has 0 aliphatic heterocycles. The van der Waals surface area contributed by atoms with Gasteiger partial charge in [-0.2, -0.15) is 5.26 Å². The first-order valence-corrected chi connectivity index (χ1v) is 8.41. The number of aromatic nitrogens is 1. The highest BCUT2D eigenvalue weighted by atomic mass is 16.5. The molecule has 3 heteroatoms. The van der Waals surface area contributed by atoms with Crippen molar-refractivity contribution >= 4 is 0 Å². The van der Waals surface area contributed by atoms with Crippen LogP contribution in [0.4, 0.5) is 0 Å². The molecule has 0 amide bonds. The molecular formula is C21H26N2O. The van der Waals surface area contributed by atoms with Crippen molar-refractivity contribution in [2.75, 3.05) is 6.61 Å². The molecule has 0 saturated carbocycles. The molecule has 0 fully saturated rings. The van der Waals surface area contributed by atoms with Gasteiger partial charge < -0.3 is 4.74 Å². The Morgan fingerprint density at radius 2 is 1.88 bits per heavy atom. The minimum atomic E-state index is 0.0851. The topological polar surface area (TPSA) is 45.9 Å². The van der Waals surface area contributed by atoms with E-state index in [1.165, 1.54) is 0 Å². The number of nitrogens with zero attached hydrogens (tertiary/aromatic N) is 2. The SMILES string of the molecule is Cc1cc(-c2ccc(OCC(C)(C)CC(C)C)c(C#N)c2)ccn1. The molecule has 0 aliphatic carbocycles. The zero-order valence-electron chi connectivity index (χ0n) is 15.3. The minimum absolute atomic E-state index is 0.0851. The van der Waals surface area contributed by atoms with Crippen molar-refractivity contribution in [1.29, 1.82) is 5.26 Å². The third-order valence-corrected chi connectivity index (χ3v) is 3.91. The van der Waals surface area contributed by atoms with Crippen LogP contribution < -0.4 is 4.74 Å². The molecule has 3 nitrogen and oxygen atoms in total. The number of hydrogen-bond donors (Lipinski definition) is 0. The maximum absolute atomic E-state index is 9.48. The monoisotopic (exact) mass is 322 g/mol. The Balaban J connectivity index is 2.20. The van der Waals surface area contributed by atoms with Crippen LogP contribution in [-0.4, -0.2) is 11.6 Å². The fraction of sp³-hybridized carbons (Fsp3) is 0.429.